The molecule has 106 valence electrons. The van der Waals surface area contributed by atoms with E-state index in [4.69, 9.17) is 9.47 Å². The molecule has 1 N–H and O–H groups in total. The largest absolute Gasteiger partial charge is 0.487 e. The van der Waals surface area contributed by atoms with Gasteiger partial charge in [0.15, 0.2) is 0 Å². The average molecular weight is 332 g/mol. The van der Waals surface area contributed by atoms with E-state index >= 15 is 0 Å². The van der Waals surface area contributed by atoms with E-state index in [1.165, 1.54) is 12.1 Å². The minimum atomic E-state index is -0.306. The van der Waals surface area contributed by atoms with Crippen LogP contribution in [0.4, 0.5) is 4.39 Å². The highest BCUT2D eigenvalue weighted by atomic mass is 79.9. The molecular weight excluding hydrogens is 313 g/mol. The summed E-state index contributed by atoms with van der Waals surface area (Å²) in [6.45, 7) is 2.79. The van der Waals surface area contributed by atoms with Gasteiger partial charge >= 0.3 is 0 Å². The van der Waals surface area contributed by atoms with E-state index in [0.29, 0.717) is 16.3 Å². The van der Waals surface area contributed by atoms with Gasteiger partial charge in [0.05, 0.1) is 0 Å². The maximum Gasteiger partial charge on any atom is 0.128 e. The number of hydrogen-bond acceptors (Lipinski definition) is 3. The minimum absolute atomic E-state index is 0.0160. The van der Waals surface area contributed by atoms with Gasteiger partial charge in [-0.3, -0.25) is 0 Å². The lowest BCUT2D eigenvalue weighted by atomic mass is 9.85. The van der Waals surface area contributed by atoms with Crippen molar-refractivity contribution in [2.45, 2.75) is 38.0 Å². The second-order valence-corrected chi connectivity index (χ2v) is 5.64. The van der Waals surface area contributed by atoms with Crippen molar-refractivity contribution in [2.75, 3.05) is 13.7 Å². The van der Waals surface area contributed by atoms with Gasteiger partial charge in [0.1, 0.15) is 23.8 Å². The molecule has 1 aromatic carbocycles. The molecule has 3 unspecified atom stereocenters. The Balaban J connectivity index is 1.98. The van der Waals surface area contributed by atoms with Crippen molar-refractivity contribution in [3.05, 3.63) is 28.5 Å². The Kier molecular flexibility index (Phi) is 5.19. The number of likely N-dealkylation sites (N-methyl/N-ethyl adjacent to an activating group) is 1. The SMILES string of the molecule is CCCOC1C(NC)CC1Oc1cc(F)cc(Br)c1. The van der Waals surface area contributed by atoms with E-state index in [2.05, 4.69) is 28.2 Å². The number of benzene rings is 1. The smallest absolute Gasteiger partial charge is 0.128 e. The van der Waals surface area contributed by atoms with Crippen LogP contribution in [0.2, 0.25) is 0 Å². The van der Waals surface area contributed by atoms with Gasteiger partial charge < -0.3 is 14.8 Å². The van der Waals surface area contributed by atoms with Crippen LogP contribution >= 0.6 is 15.9 Å². The summed E-state index contributed by atoms with van der Waals surface area (Å²) in [6, 6.07) is 4.89. The fourth-order valence-electron chi connectivity index (χ4n) is 2.23. The summed E-state index contributed by atoms with van der Waals surface area (Å²) >= 11 is 3.26. The van der Waals surface area contributed by atoms with Crippen LogP contribution in [0.25, 0.3) is 0 Å². The Morgan fingerprint density at radius 2 is 2.21 bits per heavy atom. The van der Waals surface area contributed by atoms with Gasteiger partial charge in [0.25, 0.3) is 0 Å². The van der Waals surface area contributed by atoms with Crippen molar-refractivity contribution < 1.29 is 13.9 Å². The number of nitrogens with one attached hydrogen (secondary N) is 1. The molecule has 1 fully saturated rings. The van der Waals surface area contributed by atoms with Gasteiger partial charge in [0, 0.05) is 29.6 Å². The maximum atomic E-state index is 13.3. The van der Waals surface area contributed by atoms with E-state index in [0.717, 1.165) is 19.4 Å². The molecule has 0 heterocycles. The second kappa shape index (κ2) is 6.68. The topological polar surface area (TPSA) is 30.5 Å². The van der Waals surface area contributed by atoms with Crippen LogP contribution in [0.15, 0.2) is 22.7 Å². The maximum absolute atomic E-state index is 13.3. The van der Waals surface area contributed by atoms with Gasteiger partial charge in [-0.15, -0.1) is 0 Å². The molecule has 2 rings (SSSR count). The molecule has 1 aliphatic rings. The fourth-order valence-corrected chi connectivity index (χ4v) is 2.67. The molecule has 3 nitrogen and oxygen atoms in total. The molecule has 3 atom stereocenters. The normalized spacial score (nSPS) is 26.0. The molecule has 19 heavy (non-hydrogen) atoms. The van der Waals surface area contributed by atoms with Gasteiger partial charge in [-0.25, -0.2) is 4.39 Å². The van der Waals surface area contributed by atoms with Crippen LogP contribution in [-0.2, 0) is 4.74 Å². The van der Waals surface area contributed by atoms with Crippen molar-refractivity contribution in [1.82, 2.24) is 5.32 Å². The first kappa shape index (κ1) is 14.8. The van der Waals surface area contributed by atoms with Gasteiger partial charge in [0.2, 0.25) is 0 Å². The lowest BCUT2D eigenvalue weighted by molar-refractivity contribution is -0.106. The first-order chi connectivity index (χ1) is 9.13. The van der Waals surface area contributed by atoms with Crippen LogP contribution < -0.4 is 10.1 Å². The highest BCUT2D eigenvalue weighted by molar-refractivity contribution is 9.10. The highest BCUT2D eigenvalue weighted by Gasteiger charge is 2.43. The summed E-state index contributed by atoms with van der Waals surface area (Å²) in [7, 11) is 1.92. The molecule has 0 aromatic heterocycles. The van der Waals surface area contributed by atoms with Crippen molar-refractivity contribution in [3.63, 3.8) is 0 Å². The molecule has 1 saturated carbocycles. The molecule has 0 spiro atoms. The van der Waals surface area contributed by atoms with E-state index in [-0.39, 0.29) is 18.0 Å². The molecule has 1 aliphatic carbocycles. The zero-order valence-electron chi connectivity index (χ0n) is 11.2. The third-order valence-corrected chi connectivity index (χ3v) is 3.72. The molecule has 0 saturated heterocycles. The molecule has 0 bridgehead atoms. The molecule has 5 heteroatoms. The Labute approximate surface area is 121 Å². The van der Waals surface area contributed by atoms with Gasteiger partial charge in [-0.05, 0) is 25.6 Å². The Hall–Kier alpha value is -0.650. The predicted molar refractivity (Wildman–Crippen MR) is 76.0 cm³/mol. The van der Waals surface area contributed by atoms with Crippen molar-refractivity contribution in [1.29, 1.82) is 0 Å². The van der Waals surface area contributed by atoms with E-state index < -0.39 is 0 Å². The van der Waals surface area contributed by atoms with Crippen LogP contribution in [0.3, 0.4) is 0 Å². The summed E-state index contributed by atoms with van der Waals surface area (Å²) in [5.74, 6) is 0.233. The van der Waals surface area contributed by atoms with E-state index in [1.54, 1.807) is 6.07 Å². The summed E-state index contributed by atoms with van der Waals surface area (Å²) in [5, 5.41) is 3.21. The van der Waals surface area contributed by atoms with Crippen LogP contribution in [-0.4, -0.2) is 31.9 Å². The standard InChI is InChI=1S/C14H19BrFNO2/c1-3-4-18-14-12(17-2)8-13(14)19-11-6-9(15)5-10(16)7-11/h5-7,12-14,17H,3-4,8H2,1-2H3. The van der Waals surface area contributed by atoms with Gasteiger partial charge in [-0.2, -0.15) is 0 Å². The Bertz CT molecular complexity index is 410. The van der Waals surface area contributed by atoms with Crippen LogP contribution in [0.5, 0.6) is 5.75 Å². The molecular formula is C14H19BrFNO2. The first-order valence-corrected chi connectivity index (χ1v) is 7.35. The molecule has 1 aromatic rings. The number of rotatable bonds is 6. The highest BCUT2D eigenvalue weighted by Crippen LogP contribution is 2.30. The number of halogens is 2. The number of ether oxygens (including phenoxy) is 2. The minimum Gasteiger partial charge on any atom is -0.487 e. The first-order valence-electron chi connectivity index (χ1n) is 6.55. The number of hydrogen-bond donors (Lipinski definition) is 1. The van der Waals surface area contributed by atoms with Crippen LogP contribution in [0, 0.1) is 5.82 Å². The van der Waals surface area contributed by atoms with Crippen LogP contribution in [0.1, 0.15) is 19.8 Å². The van der Waals surface area contributed by atoms with Crippen molar-refractivity contribution >= 4 is 15.9 Å². The zero-order valence-corrected chi connectivity index (χ0v) is 12.7. The quantitative estimate of drug-likeness (QED) is 0.868. The third-order valence-electron chi connectivity index (χ3n) is 3.26. The van der Waals surface area contributed by atoms with Crippen molar-refractivity contribution in [3.8, 4) is 5.75 Å². The van der Waals surface area contributed by atoms with E-state index in [9.17, 15) is 4.39 Å². The van der Waals surface area contributed by atoms with E-state index in [1.807, 2.05) is 7.05 Å². The molecule has 0 amide bonds. The fraction of sp³-hybridized carbons (Fsp3) is 0.571. The Morgan fingerprint density at radius 1 is 1.42 bits per heavy atom. The summed E-state index contributed by atoms with van der Waals surface area (Å²) in [4.78, 5) is 0. The van der Waals surface area contributed by atoms with Gasteiger partial charge in [-0.1, -0.05) is 22.9 Å². The monoisotopic (exact) mass is 331 g/mol. The molecule has 0 radical (unpaired) electrons. The summed E-state index contributed by atoms with van der Waals surface area (Å²) in [6.07, 6.45) is 1.87. The summed E-state index contributed by atoms with van der Waals surface area (Å²) in [5.41, 5.74) is 0. The lowest BCUT2D eigenvalue weighted by Crippen LogP contribution is -2.60. The summed E-state index contributed by atoms with van der Waals surface area (Å²) < 4.78 is 25.6. The lowest BCUT2D eigenvalue weighted by Gasteiger charge is -2.43. The van der Waals surface area contributed by atoms with Crippen molar-refractivity contribution in [2.24, 2.45) is 0 Å². The molecule has 0 aliphatic heterocycles. The predicted octanol–water partition coefficient (Wildman–Crippen LogP) is 3.12. The average Bonchev–Trinajstić information content (AvgIpc) is 2.33. The zero-order chi connectivity index (χ0) is 13.8. The Morgan fingerprint density at radius 3 is 2.84 bits per heavy atom. The third kappa shape index (κ3) is 3.68. The second-order valence-electron chi connectivity index (χ2n) is 4.73.